The van der Waals surface area contributed by atoms with E-state index in [-0.39, 0.29) is 5.56 Å². The fourth-order valence-electron chi connectivity index (χ4n) is 2.71. The lowest BCUT2D eigenvalue weighted by Gasteiger charge is -2.33. The molecule has 0 saturated carbocycles. The quantitative estimate of drug-likeness (QED) is 0.367. The summed E-state index contributed by atoms with van der Waals surface area (Å²) >= 11 is 0. The number of oxazole rings is 1. The minimum absolute atomic E-state index is 0.171. The van der Waals surface area contributed by atoms with Gasteiger partial charge in [-0.3, -0.25) is 15.7 Å². The predicted octanol–water partition coefficient (Wildman–Crippen LogP) is 2.38. The van der Waals surface area contributed by atoms with Crippen molar-refractivity contribution in [2.75, 3.05) is 5.32 Å². The summed E-state index contributed by atoms with van der Waals surface area (Å²) in [6.45, 7) is 1.83. The number of nitrogens with zero attached hydrogens (tertiary/aromatic N) is 2. The summed E-state index contributed by atoms with van der Waals surface area (Å²) in [5.74, 6) is -4.75. The molecule has 0 amide bonds. The fraction of sp³-hybridized carbons (Fsp3) is 0.158. The minimum atomic E-state index is -5.08. The molecule has 6 N–H and O–H groups in total. The van der Waals surface area contributed by atoms with Crippen LogP contribution >= 0.6 is 0 Å². The molecule has 3 heterocycles. The summed E-state index contributed by atoms with van der Waals surface area (Å²) < 4.78 is 50.8. The van der Waals surface area contributed by atoms with Crippen LogP contribution in [0.1, 0.15) is 12.5 Å². The first-order valence-electron chi connectivity index (χ1n) is 9.02. The molecule has 0 fully saturated rings. The SMILES string of the molecule is CC1=C(Nc2ccc3oc(=O)[nH]c3c2)NC(N)(c2ccncc2F)N=C1.O=C(O)C(F)(F)F. The van der Waals surface area contributed by atoms with Gasteiger partial charge in [0.2, 0.25) is 5.79 Å². The van der Waals surface area contributed by atoms with Crippen LogP contribution in [0.5, 0.6) is 0 Å². The predicted molar refractivity (Wildman–Crippen MR) is 109 cm³/mol. The summed E-state index contributed by atoms with van der Waals surface area (Å²) in [5, 5.41) is 13.3. The van der Waals surface area contributed by atoms with Crippen molar-refractivity contribution in [2.45, 2.75) is 18.9 Å². The molecule has 0 spiro atoms. The summed E-state index contributed by atoms with van der Waals surface area (Å²) in [4.78, 5) is 30.7. The van der Waals surface area contributed by atoms with Crippen LogP contribution in [0, 0.1) is 5.82 Å². The normalized spacial score (nSPS) is 17.9. The molecule has 0 bridgehead atoms. The van der Waals surface area contributed by atoms with Crippen molar-refractivity contribution >= 4 is 29.0 Å². The van der Waals surface area contributed by atoms with Gasteiger partial charge in [0.25, 0.3) is 0 Å². The maximum Gasteiger partial charge on any atom is 0.490 e. The maximum atomic E-state index is 14.1. The van der Waals surface area contributed by atoms with Crippen molar-refractivity contribution in [1.82, 2.24) is 15.3 Å². The Labute approximate surface area is 181 Å². The van der Waals surface area contributed by atoms with E-state index in [1.807, 2.05) is 6.92 Å². The highest BCUT2D eigenvalue weighted by Crippen LogP contribution is 2.26. The molecular weight excluding hydrogens is 452 g/mol. The van der Waals surface area contributed by atoms with Crippen molar-refractivity contribution in [1.29, 1.82) is 0 Å². The van der Waals surface area contributed by atoms with Crippen molar-refractivity contribution in [2.24, 2.45) is 10.7 Å². The Morgan fingerprint density at radius 3 is 2.64 bits per heavy atom. The van der Waals surface area contributed by atoms with E-state index in [0.29, 0.717) is 22.6 Å². The standard InChI is InChI=1S/C17H15FN6O2.C2HF3O2/c1-9-7-21-17(19,11-4-5-20-8-12(11)18)24-15(9)22-10-2-3-14-13(6-10)23-16(25)26-14;3-2(4,5)1(6)7/h2-8,22,24H,19H2,1H3,(H,23,25);(H,6,7). The molecule has 174 valence electrons. The number of alkyl halides is 3. The number of rotatable bonds is 3. The largest absolute Gasteiger partial charge is 0.490 e. The van der Waals surface area contributed by atoms with E-state index in [2.05, 4.69) is 25.6 Å². The van der Waals surface area contributed by atoms with E-state index >= 15 is 0 Å². The van der Waals surface area contributed by atoms with Crippen LogP contribution in [0.15, 0.2) is 62.3 Å². The maximum absolute atomic E-state index is 14.1. The number of aliphatic imine (C=N–C) groups is 1. The van der Waals surface area contributed by atoms with E-state index in [9.17, 15) is 22.4 Å². The number of aliphatic carboxylic acids is 1. The van der Waals surface area contributed by atoms with Crippen LogP contribution in [0.4, 0.5) is 23.2 Å². The first kappa shape index (κ1) is 23.5. The van der Waals surface area contributed by atoms with Crippen molar-refractivity contribution in [3.8, 4) is 0 Å². The van der Waals surface area contributed by atoms with Crippen LogP contribution < -0.4 is 22.1 Å². The second-order valence-corrected chi connectivity index (χ2v) is 6.72. The van der Waals surface area contributed by atoms with Crippen LogP contribution in [0.25, 0.3) is 11.1 Å². The van der Waals surface area contributed by atoms with Gasteiger partial charge in [-0.2, -0.15) is 13.2 Å². The number of aromatic nitrogens is 2. The molecule has 1 aliphatic rings. The Hall–Kier alpha value is -4.20. The van der Waals surface area contributed by atoms with Gasteiger partial charge in [-0.05, 0) is 31.2 Å². The molecule has 3 aromatic rings. The number of aromatic amines is 1. The van der Waals surface area contributed by atoms with Crippen LogP contribution in [-0.4, -0.2) is 33.4 Å². The average molecular weight is 468 g/mol. The number of benzene rings is 1. The highest BCUT2D eigenvalue weighted by atomic mass is 19.4. The Morgan fingerprint density at radius 2 is 2.00 bits per heavy atom. The number of carboxylic acid groups (broad SMARTS) is 1. The van der Waals surface area contributed by atoms with Gasteiger partial charge < -0.3 is 20.2 Å². The number of halogens is 4. The number of anilines is 1. The van der Waals surface area contributed by atoms with Gasteiger partial charge in [-0.1, -0.05) is 0 Å². The molecule has 2 aromatic heterocycles. The third kappa shape index (κ3) is 5.35. The van der Waals surface area contributed by atoms with Gasteiger partial charge in [0.15, 0.2) is 5.58 Å². The Morgan fingerprint density at radius 1 is 1.30 bits per heavy atom. The molecule has 0 saturated heterocycles. The average Bonchev–Trinajstić information content (AvgIpc) is 3.10. The Bertz CT molecular complexity index is 1310. The molecule has 1 unspecified atom stereocenters. The second-order valence-electron chi connectivity index (χ2n) is 6.72. The fourth-order valence-corrected chi connectivity index (χ4v) is 2.71. The van der Waals surface area contributed by atoms with Crippen LogP contribution in [0.3, 0.4) is 0 Å². The number of allylic oxidation sites excluding steroid dienone is 1. The lowest BCUT2D eigenvalue weighted by molar-refractivity contribution is -0.192. The third-order valence-corrected chi connectivity index (χ3v) is 4.29. The number of fused-ring (bicyclic) bond motifs is 1. The second kappa shape index (κ2) is 8.74. The summed E-state index contributed by atoms with van der Waals surface area (Å²) in [6.07, 6.45) is -0.981. The Kier molecular flexibility index (Phi) is 6.21. The number of carbonyl (C=O) groups is 1. The first-order valence-corrected chi connectivity index (χ1v) is 9.02. The molecular formula is C19H16F4N6O4. The molecule has 0 aliphatic carbocycles. The van der Waals surface area contributed by atoms with E-state index in [1.165, 1.54) is 12.3 Å². The Balaban J connectivity index is 0.000000383. The lowest BCUT2D eigenvalue weighted by atomic mass is 10.1. The molecule has 14 heteroatoms. The zero-order valence-corrected chi connectivity index (χ0v) is 16.7. The highest BCUT2D eigenvalue weighted by Gasteiger charge is 2.38. The summed E-state index contributed by atoms with van der Waals surface area (Å²) in [5.41, 5.74) is 8.92. The first-order chi connectivity index (χ1) is 15.4. The van der Waals surface area contributed by atoms with E-state index in [1.54, 1.807) is 24.4 Å². The molecule has 1 aromatic carbocycles. The summed E-state index contributed by atoms with van der Waals surface area (Å²) in [7, 11) is 0. The number of nitrogens with one attached hydrogen (secondary N) is 3. The number of carboxylic acids is 1. The van der Waals surface area contributed by atoms with Gasteiger partial charge in [0.1, 0.15) is 11.6 Å². The van der Waals surface area contributed by atoms with Crippen molar-refractivity contribution < 1.29 is 31.9 Å². The lowest BCUT2D eigenvalue weighted by Crippen LogP contribution is -2.52. The van der Waals surface area contributed by atoms with E-state index in [4.69, 9.17) is 20.1 Å². The van der Waals surface area contributed by atoms with E-state index in [0.717, 1.165) is 11.8 Å². The van der Waals surface area contributed by atoms with Crippen LogP contribution in [0.2, 0.25) is 0 Å². The molecule has 1 aliphatic heterocycles. The topological polar surface area (TPSA) is 159 Å². The van der Waals surface area contributed by atoms with E-state index < -0.39 is 29.5 Å². The zero-order chi connectivity index (χ0) is 24.4. The van der Waals surface area contributed by atoms with Crippen LogP contribution in [-0.2, 0) is 10.6 Å². The molecule has 4 rings (SSSR count). The monoisotopic (exact) mass is 468 g/mol. The highest BCUT2D eigenvalue weighted by molar-refractivity contribution is 5.82. The van der Waals surface area contributed by atoms with Crippen molar-refractivity contribution in [3.05, 3.63) is 70.0 Å². The molecule has 33 heavy (non-hydrogen) atoms. The number of hydrogen-bond acceptors (Lipinski definition) is 8. The zero-order valence-electron chi connectivity index (χ0n) is 16.7. The molecule has 0 radical (unpaired) electrons. The van der Waals surface area contributed by atoms with Crippen molar-refractivity contribution in [3.63, 3.8) is 0 Å². The summed E-state index contributed by atoms with van der Waals surface area (Å²) in [6, 6.07) is 6.61. The van der Waals surface area contributed by atoms with Gasteiger partial charge in [0.05, 0.1) is 17.3 Å². The number of pyridine rings is 1. The smallest absolute Gasteiger partial charge is 0.475 e. The van der Waals surface area contributed by atoms with Gasteiger partial charge in [-0.25, -0.2) is 19.0 Å². The van der Waals surface area contributed by atoms with Gasteiger partial charge >= 0.3 is 17.9 Å². The molecule has 1 atom stereocenters. The number of hydrogen-bond donors (Lipinski definition) is 5. The molecule has 10 nitrogen and oxygen atoms in total. The third-order valence-electron chi connectivity index (χ3n) is 4.29. The van der Waals surface area contributed by atoms with Gasteiger partial charge in [-0.15, -0.1) is 0 Å². The number of H-pyrrole nitrogens is 1. The number of nitrogens with two attached hydrogens (primary N) is 1. The minimum Gasteiger partial charge on any atom is -0.475 e. The van der Waals surface area contributed by atoms with Gasteiger partial charge in [0, 0.05) is 23.7 Å².